The van der Waals surface area contributed by atoms with Crippen LogP contribution in [0.25, 0.3) is 0 Å². The van der Waals surface area contributed by atoms with Crippen molar-refractivity contribution < 1.29 is 14.3 Å². The second-order valence-corrected chi connectivity index (χ2v) is 6.06. The standard InChI is InChI=1S/C17H23N3O3/c1-13-16(21)20-15(23-2)10-6-7-11-19(20)17(22)18(13)12-14-8-4-3-5-9-14/h3-5,8-9,13,15H,6-7,10-12H2,1-2H3/t13-,15?/m0/s1. The Balaban J connectivity index is 1.87. The minimum Gasteiger partial charge on any atom is -0.360 e. The van der Waals surface area contributed by atoms with E-state index in [1.807, 2.05) is 30.3 Å². The molecule has 124 valence electrons. The maximum absolute atomic E-state index is 12.9. The van der Waals surface area contributed by atoms with Gasteiger partial charge in [-0.15, -0.1) is 0 Å². The molecule has 1 aromatic rings. The molecule has 0 saturated carbocycles. The van der Waals surface area contributed by atoms with Crippen molar-refractivity contribution in [2.24, 2.45) is 0 Å². The highest BCUT2D eigenvalue weighted by atomic mass is 16.5. The van der Waals surface area contributed by atoms with Gasteiger partial charge in [0.25, 0.3) is 5.91 Å². The molecule has 6 nitrogen and oxygen atoms in total. The largest absolute Gasteiger partial charge is 0.360 e. The van der Waals surface area contributed by atoms with Crippen LogP contribution in [0.15, 0.2) is 30.3 Å². The van der Waals surface area contributed by atoms with Crippen LogP contribution in [0, 0.1) is 0 Å². The van der Waals surface area contributed by atoms with Gasteiger partial charge in [-0.25, -0.2) is 14.8 Å². The molecule has 3 amide bonds. The van der Waals surface area contributed by atoms with E-state index in [0.29, 0.717) is 13.1 Å². The number of carbonyl (C=O) groups is 2. The van der Waals surface area contributed by atoms with E-state index >= 15 is 0 Å². The average molecular weight is 317 g/mol. The number of rotatable bonds is 3. The lowest BCUT2D eigenvalue weighted by atomic mass is 10.1. The summed E-state index contributed by atoms with van der Waals surface area (Å²) in [5.41, 5.74) is 1.02. The van der Waals surface area contributed by atoms with Gasteiger partial charge in [0.15, 0.2) is 6.23 Å². The lowest BCUT2D eigenvalue weighted by molar-refractivity contribution is -0.184. The highest BCUT2D eigenvalue weighted by molar-refractivity contribution is 5.92. The van der Waals surface area contributed by atoms with Gasteiger partial charge < -0.3 is 9.64 Å². The lowest BCUT2D eigenvalue weighted by Gasteiger charge is -2.47. The lowest BCUT2D eigenvalue weighted by Crippen LogP contribution is -2.67. The van der Waals surface area contributed by atoms with Gasteiger partial charge in [0.2, 0.25) is 0 Å². The first-order chi connectivity index (χ1) is 11.1. The van der Waals surface area contributed by atoms with Crippen LogP contribution in [0.5, 0.6) is 0 Å². The summed E-state index contributed by atoms with van der Waals surface area (Å²) in [5.74, 6) is -0.0747. The maximum Gasteiger partial charge on any atom is 0.339 e. The number of hydrazine groups is 1. The molecule has 23 heavy (non-hydrogen) atoms. The third kappa shape index (κ3) is 2.91. The quantitative estimate of drug-likeness (QED) is 0.859. The highest BCUT2D eigenvalue weighted by Crippen LogP contribution is 2.27. The molecule has 2 fully saturated rings. The molecule has 0 aliphatic carbocycles. The van der Waals surface area contributed by atoms with Crippen LogP contribution in [0.3, 0.4) is 0 Å². The highest BCUT2D eigenvalue weighted by Gasteiger charge is 2.45. The van der Waals surface area contributed by atoms with E-state index in [9.17, 15) is 9.59 Å². The SMILES string of the molecule is COC1CCCCN2C(=O)N(Cc3ccccc3)[C@@H](C)C(=O)N12. The van der Waals surface area contributed by atoms with Crippen molar-refractivity contribution >= 4 is 11.9 Å². The maximum atomic E-state index is 12.9. The number of hydrogen-bond acceptors (Lipinski definition) is 3. The molecule has 1 aromatic carbocycles. The molecule has 1 unspecified atom stereocenters. The number of amides is 3. The molecule has 2 aliphatic heterocycles. The van der Waals surface area contributed by atoms with E-state index in [2.05, 4.69) is 0 Å². The molecule has 2 atom stereocenters. The normalized spacial score (nSPS) is 25.4. The molecule has 0 bridgehead atoms. The summed E-state index contributed by atoms with van der Waals surface area (Å²) < 4.78 is 5.45. The predicted octanol–water partition coefficient (Wildman–Crippen LogP) is 2.21. The summed E-state index contributed by atoms with van der Waals surface area (Å²) >= 11 is 0. The van der Waals surface area contributed by atoms with E-state index in [1.165, 1.54) is 5.01 Å². The topological polar surface area (TPSA) is 53.1 Å². The number of hydrogen-bond donors (Lipinski definition) is 0. The third-order valence-corrected chi connectivity index (χ3v) is 4.59. The average Bonchev–Trinajstić information content (AvgIpc) is 2.80. The van der Waals surface area contributed by atoms with E-state index < -0.39 is 6.04 Å². The monoisotopic (exact) mass is 317 g/mol. The second kappa shape index (κ2) is 6.58. The number of fused-ring (bicyclic) bond motifs is 1. The van der Waals surface area contributed by atoms with Crippen LogP contribution < -0.4 is 0 Å². The zero-order valence-corrected chi connectivity index (χ0v) is 13.6. The minimum atomic E-state index is -0.491. The number of ether oxygens (including phenoxy) is 1. The van der Waals surface area contributed by atoms with Crippen molar-refractivity contribution in [3.05, 3.63) is 35.9 Å². The fourth-order valence-corrected chi connectivity index (χ4v) is 3.26. The molecule has 3 rings (SSSR count). The van der Waals surface area contributed by atoms with Crippen LogP contribution in [-0.4, -0.2) is 52.8 Å². The van der Waals surface area contributed by atoms with Crippen molar-refractivity contribution in [2.45, 2.75) is 45.0 Å². The Labute approximate surface area is 136 Å². The van der Waals surface area contributed by atoms with E-state index in [1.54, 1.807) is 23.9 Å². The fourth-order valence-electron chi connectivity index (χ4n) is 3.26. The van der Waals surface area contributed by atoms with Gasteiger partial charge in [0.1, 0.15) is 6.04 Å². The number of nitrogens with zero attached hydrogens (tertiary/aromatic N) is 3. The number of benzene rings is 1. The Hall–Kier alpha value is -2.08. The van der Waals surface area contributed by atoms with Crippen LogP contribution >= 0.6 is 0 Å². The number of carbonyl (C=O) groups excluding carboxylic acids is 2. The Kier molecular flexibility index (Phi) is 4.52. The Morgan fingerprint density at radius 3 is 2.61 bits per heavy atom. The van der Waals surface area contributed by atoms with Crippen molar-refractivity contribution in [3.63, 3.8) is 0 Å². The summed E-state index contributed by atoms with van der Waals surface area (Å²) in [4.78, 5) is 27.4. The molecule has 2 heterocycles. The van der Waals surface area contributed by atoms with E-state index in [-0.39, 0.29) is 18.2 Å². The fraction of sp³-hybridized carbons (Fsp3) is 0.529. The molecular weight excluding hydrogens is 294 g/mol. The summed E-state index contributed by atoms with van der Waals surface area (Å²) in [7, 11) is 1.59. The first-order valence-electron chi connectivity index (χ1n) is 8.11. The molecule has 0 radical (unpaired) electrons. The molecule has 2 aliphatic rings. The minimum absolute atomic E-state index is 0.0747. The molecule has 0 spiro atoms. The molecule has 2 saturated heterocycles. The van der Waals surface area contributed by atoms with Gasteiger partial charge in [-0.2, -0.15) is 0 Å². The first-order valence-corrected chi connectivity index (χ1v) is 8.11. The second-order valence-electron chi connectivity index (χ2n) is 6.06. The van der Waals surface area contributed by atoms with Crippen LogP contribution in [-0.2, 0) is 16.1 Å². The van der Waals surface area contributed by atoms with Crippen LogP contribution in [0.2, 0.25) is 0 Å². The molecular formula is C17H23N3O3. The van der Waals surface area contributed by atoms with Crippen molar-refractivity contribution in [1.29, 1.82) is 0 Å². The number of urea groups is 1. The van der Waals surface area contributed by atoms with Gasteiger partial charge in [0.05, 0.1) is 0 Å². The third-order valence-electron chi connectivity index (χ3n) is 4.59. The predicted molar refractivity (Wildman–Crippen MR) is 85.0 cm³/mol. The first kappa shape index (κ1) is 15.8. The summed E-state index contributed by atoms with van der Waals surface area (Å²) in [6, 6.07) is 9.15. The van der Waals surface area contributed by atoms with E-state index in [0.717, 1.165) is 24.8 Å². The van der Waals surface area contributed by atoms with Crippen molar-refractivity contribution in [2.75, 3.05) is 13.7 Å². The van der Waals surface area contributed by atoms with Gasteiger partial charge in [-0.3, -0.25) is 4.79 Å². The Morgan fingerprint density at radius 2 is 1.91 bits per heavy atom. The van der Waals surface area contributed by atoms with Gasteiger partial charge in [-0.05, 0) is 31.7 Å². The summed E-state index contributed by atoms with van der Waals surface area (Å²) in [5, 5.41) is 3.09. The Morgan fingerprint density at radius 1 is 1.17 bits per heavy atom. The Bertz CT molecular complexity index is 578. The number of methoxy groups -OCH3 is 1. The van der Waals surface area contributed by atoms with Gasteiger partial charge in [-0.1, -0.05) is 30.3 Å². The smallest absolute Gasteiger partial charge is 0.339 e. The summed E-state index contributed by atoms with van der Waals surface area (Å²) in [6.07, 6.45) is 2.23. The molecule has 0 N–H and O–H groups in total. The van der Waals surface area contributed by atoms with Crippen LogP contribution in [0.4, 0.5) is 4.79 Å². The van der Waals surface area contributed by atoms with Gasteiger partial charge >= 0.3 is 6.03 Å². The zero-order valence-electron chi connectivity index (χ0n) is 13.6. The molecule has 0 aromatic heterocycles. The van der Waals surface area contributed by atoms with E-state index in [4.69, 9.17) is 4.74 Å². The van der Waals surface area contributed by atoms with Crippen LogP contribution in [0.1, 0.15) is 31.7 Å². The summed E-state index contributed by atoms with van der Waals surface area (Å²) in [6.45, 7) is 2.79. The molecule has 6 heteroatoms. The van der Waals surface area contributed by atoms with Gasteiger partial charge in [0, 0.05) is 20.2 Å². The van der Waals surface area contributed by atoms with Crippen molar-refractivity contribution in [3.8, 4) is 0 Å². The van der Waals surface area contributed by atoms with Crippen molar-refractivity contribution in [1.82, 2.24) is 14.9 Å². The zero-order chi connectivity index (χ0) is 16.4.